The maximum Gasteiger partial charge on any atom is 0.0591 e. The van der Waals surface area contributed by atoms with Crippen molar-refractivity contribution in [2.24, 2.45) is 11.8 Å². The molecule has 0 aliphatic carbocycles. The van der Waals surface area contributed by atoms with Crippen LogP contribution in [0.3, 0.4) is 0 Å². The van der Waals surface area contributed by atoms with Gasteiger partial charge < -0.3 is 0 Å². The van der Waals surface area contributed by atoms with Crippen molar-refractivity contribution in [2.45, 2.75) is 13.8 Å². The van der Waals surface area contributed by atoms with Gasteiger partial charge in [0.2, 0.25) is 0 Å². The Hall–Kier alpha value is -0.120. The number of nitrogens with two attached hydrogens (primary N) is 1. The summed E-state index contributed by atoms with van der Waals surface area (Å²) in [5, 5.41) is 1.32. The number of hydrazine groups is 1. The molecule has 0 fully saturated rings. The molecule has 0 aliphatic heterocycles. The van der Waals surface area contributed by atoms with E-state index in [1.165, 1.54) is 5.17 Å². The predicted octanol–water partition coefficient (Wildman–Crippen LogP) is 0.379. The molecule has 0 bridgehead atoms. The fraction of sp³-hybridized carbons (Fsp3) is 1.00. The van der Waals surface area contributed by atoms with E-state index in [4.69, 9.17) is 5.84 Å². The summed E-state index contributed by atoms with van der Waals surface area (Å²) >= 11 is 0. The molecule has 3 nitrogen and oxygen atoms in total. The van der Waals surface area contributed by atoms with Gasteiger partial charge in [-0.3, -0.25) is 4.84 Å². The molecule has 2 N–H and O–H groups in total. The molecular weight excluding hydrogens is 104 g/mol. The van der Waals surface area contributed by atoms with Crippen LogP contribution in [0.15, 0.2) is 0 Å². The van der Waals surface area contributed by atoms with E-state index in [1.807, 2.05) is 0 Å². The van der Waals surface area contributed by atoms with Crippen molar-refractivity contribution in [3.8, 4) is 0 Å². The van der Waals surface area contributed by atoms with Crippen LogP contribution >= 0.6 is 0 Å². The lowest BCUT2D eigenvalue weighted by Crippen LogP contribution is -2.33. The Morgan fingerprint density at radius 1 is 1.62 bits per heavy atom. The molecule has 0 atom stereocenters. The first-order valence-corrected chi connectivity index (χ1v) is 2.73. The smallest absolute Gasteiger partial charge is 0.0591 e. The summed E-state index contributed by atoms with van der Waals surface area (Å²) in [6.07, 6.45) is 0. The van der Waals surface area contributed by atoms with E-state index >= 15 is 0 Å². The topological polar surface area (TPSA) is 38.5 Å². The van der Waals surface area contributed by atoms with Gasteiger partial charge >= 0.3 is 0 Å². The molecule has 0 radical (unpaired) electrons. The van der Waals surface area contributed by atoms with Gasteiger partial charge in [-0.1, -0.05) is 13.8 Å². The van der Waals surface area contributed by atoms with E-state index in [9.17, 15) is 0 Å². The van der Waals surface area contributed by atoms with Crippen LogP contribution in [0.1, 0.15) is 13.8 Å². The molecule has 0 saturated heterocycles. The van der Waals surface area contributed by atoms with Crippen LogP contribution < -0.4 is 5.84 Å². The second-order valence-corrected chi connectivity index (χ2v) is 2.18. The van der Waals surface area contributed by atoms with Crippen LogP contribution in [-0.2, 0) is 4.84 Å². The SMILES string of the molecule is CON(N)CC(C)C. The quantitative estimate of drug-likeness (QED) is 0.430. The van der Waals surface area contributed by atoms with Crippen molar-refractivity contribution in [2.75, 3.05) is 13.7 Å². The highest BCUT2D eigenvalue weighted by molar-refractivity contribution is 4.41. The predicted molar refractivity (Wildman–Crippen MR) is 32.7 cm³/mol. The Bertz CT molecular complexity index is 56.4. The zero-order valence-corrected chi connectivity index (χ0v) is 5.72. The molecule has 0 heterocycles. The molecule has 0 unspecified atom stereocenters. The van der Waals surface area contributed by atoms with Crippen LogP contribution in [-0.4, -0.2) is 18.8 Å². The molecule has 0 spiro atoms. The number of hydrogen-bond donors (Lipinski definition) is 1. The molecule has 0 aromatic heterocycles. The average molecular weight is 118 g/mol. The van der Waals surface area contributed by atoms with Crippen molar-refractivity contribution in [1.29, 1.82) is 0 Å². The summed E-state index contributed by atoms with van der Waals surface area (Å²) in [6, 6.07) is 0. The Labute approximate surface area is 50.3 Å². The van der Waals surface area contributed by atoms with Gasteiger partial charge in [-0.15, -0.1) is 5.17 Å². The van der Waals surface area contributed by atoms with E-state index in [2.05, 4.69) is 18.7 Å². The van der Waals surface area contributed by atoms with E-state index in [0.29, 0.717) is 5.92 Å². The highest BCUT2D eigenvalue weighted by Gasteiger charge is 1.97. The molecule has 0 saturated carbocycles. The fourth-order valence-corrected chi connectivity index (χ4v) is 0.434. The van der Waals surface area contributed by atoms with Crippen molar-refractivity contribution < 1.29 is 4.84 Å². The monoisotopic (exact) mass is 118 g/mol. The Balaban J connectivity index is 3.10. The molecule has 0 amide bonds. The third kappa shape index (κ3) is 4.05. The lowest BCUT2D eigenvalue weighted by Gasteiger charge is -2.14. The van der Waals surface area contributed by atoms with Gasteiger partial charge in [0, 0.05) is 6.54 Å². The molecule has 0 aliphatic rings. The van der Waals surface area contributed by atoms with E-state index in [-0.39, 0.29) is 0 Å². The Morgan fingerprint density at radius 2 is 2.12 bits per heavy atom. The fourth-order valence-electron chi connectivity index (χ4n) is 0.434. The van der Waals surface area contributed by atoms with Gasteiger partial charge in [-0.05, 0) is 5.92 Å². The van der Waals surface area contributed by atoms with Gasteiger partial charge in [-0.25, -0.2) is 5.84 Å². The molecule has 0 aromatic rings. The molecule has 3 heteroatoms. The summed E-state index contributed by atoms with van der Waals surface area (Å²) in [4.78, 5) is 4.67. The molecule has 50 valence electrons. The highest BCUT2D eigenvalue weighted by Crippen LogP contribution is 1.91. The highest BCUT2D eigenvalue weighted by atomic mass is 16.7. The minimum absolute atomic E-state index is 0.556. The standard InChI is InChI=1S/C5H14N2O/c1-5(2)4-7(6)8-3/h5H,4,6H2,1-3H3. The van der Waals surface area contributed by atoms with Crippen LogP contribution in [0.25, 0.3) is 0 Å². The van der Waals surface area contributed by atoms with Crippen molar-refractivity contribution in [3.63, 3.8) is 0 Å². The average Bonchev–Trinajstić information content (AvgIpc) is 1.65. The van der Waals surface area contributed by atoms with Gasteiger partial charge in [0.15, 0.2) is 0 Å². The summed E-state index contributed by atoms with van der Waals surface area (Å²) in [5.74, 6) is 5.84. The van der Waals surface area contributed by atoms with Crippen molar-refractivity contribution in [3.05, 3.63) is 0 Å². The Kier molecular flexibility index (Phi) is 3.77. The van der Waals surface area contributed by atoms with Gasteiger partial charge in [0.1, 0.15) is 0 Å². The second kappa shape index (κ2) is 3.83. The van der Waals surface area contributed by atoms with E-state index in [1.54, 1.807) is 7.11 Å². The summed E-state index contributed by atoms with van der Waals surface area (Å²) in [6.45, 7) is 4.94. The van der Waals surface area contributed by atoms with Crippen molar-refractivity contribution >= 4 is 0 Å². The summed E-state index contributed by atoms with van der Waals surface area (Å²) in [5.41, 5.74) is 0. The minimum atomic E-state index is 0.556. The van der Waals surface area contributed by atoms with Gasteiger partial charge in [0.25, 0.3) is 0 Å². The first-order chi connectivity index (χ1) is 3.66. The van der Waals surface area contributed by atoms with Gasteiger partial charge in [-0.2, -0.15) is 0 Å². The van der Waals surface area contributed by atoms with E-state index < -0.39 is 0 Å². The summed E-state index contributed by atoms with van der Waals surface area (Å²) in [7, 11) is 1.56. The number of rotatable bonds is 3. The summed E-state index contributed by atoms with van der Waals surface area (Å²) < 4.78 is 0. The maximum atomic E-state index is 5.28. The number of hydrogen-bond acceptors (Lipinski definition) is 3. The molecule has 0 aromatic carbocycles. The normalized spacial score (nSPS) is 11.2. The maximum absolute atomic E-state index is 5.28. The lowest BCUT2D eigenvalue weighted by molar-refractivity contribution is -0.140. The zero-order valence-electron chi connectivity index (χ0n) is 5.72. The first-order valence-electron chi connectivity index (χ1n) is 2.73. The first kappa shape index (κ1) is 7.88. The third-order valence-electron chi connectivity index (χ3n) is 0.780. The minimum Gasteiger partial charge on any atom is -0.288 e. The van der Waals surface area contributed by atoms with Crippen LogP contribution in [0, 0.1) is 5.92 Å². The molecule has 0 rings (SSSR count). The molecular formula is C5H14N2O. The zero-order chi connectivity index (χ0) is 6.57. The lowest BCUT2D eigenvalue weighted by atomic mass is 10.2. The third-order valence-corrected chi connectivity index (χ3v) is 0.780. The second-order valence-electron chi connectivity index (χ2n) is 2.18. The van der Waals surface area contributed by atoms with Crippen LogP contribution in [0.4, 0.5) is 0 Å². The largest absolute Gasteiger partial charge is 0.288 e. The number of nitrogens with zero attached hydrogens (tertiary/aromatic N) is 1. The van der Waals surface area contributed by atoms with Crippen LogP contribution in [0.2, 0.25) is 0 Å². The van der Waals surface area contributed by atoms with Gasteiger partial charge in [0.05, 0.1) is 7.11 Å². The number of hydroxylamine groups is 1. The Morgan fingerprint density at radius 3 is 2.25 bits per heavy atom. The molecule has 8 heavy (non-hydrogen) atoms. The van der Waals surface area contributed by atoms with Crippen LogP contribution in [0.5, 0.6) is 0 Å². The van der Waals surface area contributed by atoms with E-state index in [0.717, 1.165) is 6.54 Å². The van der Waals surface area contributed by atoms with Crippen molar-refractivity contribution in [1.82, 2.24) is 5.17 Å².